The van der Waals surface area contributed by atoms with Gasteiger partial charge < -0.3 is 5.73 Å². The van der Waals surface area contributed by atoms with E-state index in [2.05, 4.69) is 0 Å². The Morgan fingerprint density at radius 2 is 1.17 bits per heavy atom. The molecule has 0 heterocycles. The summed E-state index contributed by atoms with van der Waals surface area (Å²) in [5.41, 5.74) is 5.33. The Morgan fingerprint density at radius 3 is 1.50 bits per heavy atom. The molecule has 2 N–H and O–H groups in total. The van der Waals surface area contributed by atoms with Crippen LogP contribution in [0.3, 0.4) is 0 Å². The summed E-state index contributed by atoms with van der Waals surface area (Å²) in [5, 5.41) is -0.876. The lowest BCUT2D eigenvalue weighted by Gasteiger charge is -2.06. The second kappa shape index (κ2) is 3.46. The minimum Gasteiger partial charge on any atom is -0.396 e. The molecule has 0 bridgehead atoms. The van der Waals surface area contributed by atoms with Gasteiger partial charge in [0.05, 0.1) is 25.8 Å². The lowest BCUT2D eigenvalue weighted by Crippen LogP contribution is -1.92. The van der Waals surface area contributed by atoms with Crippen LogP contribution in [0.5, 0.6) is 0 Å². The van der Waals surface area contributed by atoms with Crippen molar-refractivity contribution in [3.05, 3.63) is 25.9 Å². The molecule has 1 rings (SSSR count). The molecule has 0 aliphatic heterocycles. The fraction of sp³-hybridized carbons (Fsp3) is 0. The number of anilines is 1. The molecule has 0 saturated heterocycles. The van der Waals surface area contributed by atoms with Gasteiger partial charge >= 0.3 is 0 Å². The maximum absolute atomic E-state index is 12.9. The van der Waals surface area contributed by atoms with Gasteiger partial charge in [-0.05, 0) is 0 Å². The standard InChI is InChI=1S/C6H2Cl4FN/c7-1-3(9)6(12)4(10)2(8)5(1)11/h12H2. The summed E-state index contributed by atoms with van der Waals surface area (Å²) in [5.74, 6) is -0.859. The molecule has 0 amide bonds. The quantitative estimate of drug-likeness (QED) is 0.419. The first-order chi connectivity index (χ1) is 5.46. The Labute approximate surface area is 88.1 Å². The fourth-order valence-electron chi connectivity index (χ4n) is 0.622. The van der Waals surface area contributed by atoms with Crippen molar-refractivity contribution in [1.29, 1.82) is 0 Å². The van der Waals surface area contributed by atoms with Gasteiger partial charge in [-0.3, -0.25) is 0 Å². The highest BCUT2D eigenvalue weighted by molar-refractivity contribution is 6.50. The monoisotopic (exact) mass is 247 g/mol. The van der Waals surface area contributed by atoms with Gasteiger partial charge in [0.25, 0.3) is 0 Å². The van der Waals surface area contributed by atoms with Crippen molar-refractivity contribution in [3.8, 4) is 0 Å². The molecule has 0 aromatic heterocycles. The Morgan fingerprint density at radius 1 is 0.833 bits per heavy atom. The smallest absolute Gasteiger partial charge is 0.163 e. The summed E-state index contributed by atoms with van der Waals surface area (Å²) < 4.78 is 12.9. The Balaban J connectivity index is 3.60. The maximum atomic E-state index is 12.9. The second-order valence-electron chi connectivity index (χ2n) is 1.98. The molecule has 1 aromatic carbocycles. The van der Waals surface area contributed by atoms with Crippen molar-refractivity contribution in [1.82, 2.24) is 0 Å². The van der Waals surface area contributed by atoms with E-state index in [1.165, 1.54) is 0 Å². The van der Waals surface area contributed by atoms with E-state index in [0.29, 0.717) is 0 Å². The van der Waals surface area contributed by atoms with Gasteiger partial charge in [0.2, 0.25) is 0 Å². The third-order valence-electron chi connectivity index (χ3n) is 1.24. The van der Waals surface area contributed by atoms with Crippen LogP contribution < -0.4 is 5.73 Å². The minimum absolute atomic E-state index is 0.0188. The molecule has 0 radical (unpaired) electrons. The van der Waals surface area contributed by atoms with Crippen LogP contribution in [0, 0.1) is 5.82 Å². The molecule has 0 aliphatic rings. The first-order valence-corrected chi connectivity index (χ1v) is 4.25. The summed E-state index contributed by atoms with van der Waals surface area (Å²) in [4.78, 5) is 0. The second-order valence-corrected chi connectivity index (χ2v) is 3.50. The summed E-state index contributed by atoms with van der Waals surface area (Å²) in [7, 11) is 0. The van der Waals surface area contributed by atoms with Gasteiger partial charge in [-0.1, -0.05) is 46.4 Å². The van der Waals surface area contributed by atoms with Crippen molar-refractivity contribution in [2.45, 2.75) is 0 Å². The normalized spacial score (nSPS) is 10.4. The maximum Gasteiger partial charge on any atom is 0.163 e. The average molecular weight is 249 g/mol. The number of halogens is 5. The molecule has 0 spiro atoms. The molecule has 0 fully saturated rings. The summed E-state index contributed by atoms with van der Waals surface area (Å²) in [6.45, 7) is 0. The average Bonchev–Trinajstić information content (AvgIpc) is 2.08. The molecular formula is C6H2Cl4FN. The molecule has 0 saturated carbocycles. The highest BCUT2D eigenvalue weighted by Crippen LogP contribution is 2.41. The molecule has 1 nitrogen and oxygen atoms in total. The van der Waals surface area contributed by atoms with Gasteiger partial charge in [0.15, 0.2) is 5.82 Å². The number of benzene rings is 1. The van der Waals surface area contributed by atoms with Crippen LogP contribution in [-0.2, 0) is 0 Å². The third kappa shape index (κ3) is 1.44. The van der Waals surface area contributed by atoms with E-state index >= 15 is 0 Å². The Bertz CT molecular complexity index is 234. The molecule has 1 aromatic rings. The van der Waals surface area contributed by atoms with Gasteiger partial charge in [0, 0.05) is 0 Å². The number of nitrogen functional groups attached to an aromatic ring is 1. The summed E-state index contributed by atoms with van der Waals surface area (Å²) in [6, 6.07) is 0. The van der Waals surface area contributed by atoms with Crippen molar-refractivity contribution < 1.29 is 4.39 Å². The largest absolute Gasteiger partial charge is 0.396 e. The van der Waals surface area contributed by atoms with Crippen LogP contribution in [-0.4, -0.2) is 0 Å². The first kappa shape index (κ1) is 10.2. The first-order valence-electron chi connectivity index (χ1n) is 2.73. The minimum atomic E-state index is -0.859. The van der Waals surface area contributed by atoms with Gasteiger partial charge in [0.1, 0.15) is 0 Å². The molecule has 0 atom stereocenters. The Kier molecular flexibility index (Phi) is 2.94. The van der Waals surface area contributed by atoms with E-state index in [-0.39, 0.29) is 25.8 Å². The number of hydrogen-bond acceptors (Lipinski definition) is 1. The molecule has 12 heavy (non-hydrogen) atoms. The molecule has 0 unspecified atom stereocenters. The van der Waals surface area contributed by atoms with Gasteiger partial charge in [-0.2, -0.15) is 0 Å². The lowest BCUT2D eigenvalue weighted by molar-refractivity contribution is 0.629. The van der Waals surface area contributed by atoms with Gasteiger partial charge in [-0.15, -0.1) is 0 Å². The highest BCUT2D eigenvalue weighted by Gasteiger charge is 2.17. The van der Waals surface area contributed by atoms with E-state index in [1.54, 1.807) is 0 Å². The molecule has 0 aliphatic carbocycles. The van der Waals surface area contributed by atoms with E-state index in [9.17, 15) is 4.39 Å². The van der Waals surface area contributed by atoms with Crippen LogP contribution in [0.4, 0.5) is 10.1 Å². The van der Waals surface area contributed by atoms with E-state index in [0.717, 1.165) is 0 Å². The SMILES string of the molecule is Nc1c(Cl)c(Cl)c(F)c(Cl)c1Cl. The van der Waals surface area contributed by atoms with E-state index in [4.69, 9.17) is 52.1 Å². The summed E-state index contributed by atoms with van der Waals surface area (Å²) in [6.07, 6.45) is 0. The predicted octanol–water partition coefficient (Wildman–Crippen LogP) is 4.02. The van der Waals surface area contributed by atoms with Crippen LogP contribution in [0.2, 0.25) is 20.1 Å². The van der Waals surface area contributed by atoms with E-state index in [1.807, 2.05) is 0 Å². The van der Waals surface area contributed by atoms with Gasteiger partial charge in [-0.25, -0.2) is 4.39 Å². The Hall–Kier alpha value is 0.110. The van der Waals surface area contributed by atoms with Crippen molar-refractivity contribution in [2.75, 3.05) is 5.73 Å². The zero-order valence-corrected chi connectivity index (χ0v) is 8.49. The van der Waals surface area contributed by atoms with Crippen molar-refractivity contribution >= 4 is 52.1 Å². The number of nitrogens with two attached hydrogens (primary N) is 1. The lowest BCUT2D eigenvalue weighted by atomic mass is 10.3. The van der Waals surface area contributed by atoms with Crippen LogP contribution in [0.1, 0.15) is 0 Å². The number of hydrogen-bond donors (Lipinski definition) is 1. The molecule has 66 valence electrons. The third-order valence-corrected chi connectivity index (χ3v) is 2.93. The zero-order valence-electron chi connectivity index (χ0n) is 5.47. The topological polar surface area (TPSA) is 26.0 Å². The molecule has 6 heteroatoms. The van der Waals surface area contributed by atoms with Crippen LogP contribution in [0.15, 0.2) is 0 Å². The van der Waals surface area contributed by atoms with E-state index < -0.39 is 5.82 Å². The predicted molar refractivity (Wildman–Crippen MR) is 50.9 cm³/mol. The zero-order chi connectivity index (χ0) is 9.46. The highest BCUT2D eigenvalue weighted by atomic mass is 35.5. The van der Waals surface area contributed by atoms with Crippen molar-refractivity contribution in [2.24, 2.45) is 0 Å². The fourth-order valence-corrected chi connectivity index (χ4v) is 1.47. The van der Waals surface area contributed by atoms with Crippen molar-refractivity contribution in [3.63, 3.8) is 0 Å². The number of rotatable bonds is 0. The summed E-state index contributed by atoms with van der Waals surface area (Å²) >= 11 is 21.9. The van der Waals surface area contributed by atoms with Crippen LogP contribution >= 0.6 is 46.4 Å². The van der Waals surface area contributed by atoms with Crippen LogP contribution in [0.25, 0.3) is 0 Å². The molecular weight excluding hydrogens is 247 g/mol.